The summed E-state index contributed by atoms with van der Waals surface area (Å²) in [5, 5.41) is 9.25. The molecule has 90 valence electrons. The van der Waals surface area contributed by atoms with Crippen LogP contribution in [0.3, 0.4) is 0 Å². The van der Waals surface area contributed by atoms with Gasteiger partial charge in [0.05, 0.1) is 11.5 Å². The van der Waals surface area contributed by atoms with E-state index in [1.54, 1.807) is 0 Å². The molecule has 2 unspecified atom stereocenters. The Balaban J connectivity index is 2.39. The summed E-state index contributed by atoms with van der Waals surface area (Å²) in [7, 11) is -2.80. The average Bonchev–Trinajstić information content (AvgIpc) is 2.54. The molecule has 0 aromatic carbocycles. The van der Waals surface area contributed by atoms with Gasteiger partial charge < -0.3 is 5.11 Å². The third kappa shape index (κ3) is 4.33. The summed E-state index contributed by atoms with van der Waals surface area (Å²) in [6.07, 6.45) is 1.68. The van der Waals surface area contributed by atoms with Gasteiger partial charge in [-0.25, -0.2) is 8.42 Å². The van der Waals surface area contributed by atoms with E-state index in [0.29, 0.717) is 5.75 Å². The van der Waals surface area contributed by atoms with Gasteiger partial charge in [0.15, 0.2) is 9.84 Å². The molecular weight excluding hydrogens is 232 g/mol. The molecular formula is C10H20O3S2. The minimum absolute atomic E-state index is 0.129. The number of rotatable bonds is 6. The van der Waals surface area contributed by atoms with Crippen LogP contribution in [0.5, 0.6) is 0 Å². The highest BCUT2D eigenvalue weighted by atomic mass is 32.2. The van der Waals surface area contributed by atoms with Crippen molar-refractivity contribution in [1.29, 1.82) is 0 Å². The second kappa shape index (κ2) is 6.11. The molecule has 1 saturated heterocycles. The first-order valence-corrected chi connectivity index (χ1v) is 8.45. The van der Waals surface area contributed by atoms with Gasteiger partial charge in [-0.2, -0.15) is 11.8 Å². The Morgan fingerprint density at radius 2 is 2.27 bits per heavy atom. The van der Waals surface area contributed by atoms with E-state index >= 15 is 0 Å². The highest BCUT2D eigenvalue weighted by molar-refractivity contribution is 7.99. The van der Waals surface area contributed by atoms with Crippen LogP contribution >= 0.6 is 11.8 Å². The van der Waals surface area contributed by atoms with E-state index in [-0.39, 0.29) is 24.2 Å². The van der Waals surface area contributed by atoms with Crippen molar-refractivity contribution in [2.75, 3.05) is 29.6 Å². The lowest BCUT2D eigenvalue weighted by molar-refractivity contribution is 0.181. The van der Waals surface area contributed by atoms with Gasteiger partial charge in [0.25, 0.3) is 0 Å². The van der Waals surface area contributed by atoms with Crippen molar-refractivity contribution < 1.29 is 13.5 Å². The van der Waals surface area contributed by atoms with Gasteiger partial charge >= 0.3 is 0 Å². The van der Waals surface area contributed by atoms with Crippen LogP contribution < -0.4 is 0 Å². The predicted molar refractivity (Wildman–Crippen MR) is 65.0 cm³/mol. The standard InChI is InChI=1S/C10H20O3S2/c1-2-14-5-3-9(7-11)10-4-6-15(12,13)8-10/h9-11H,2-8H2,1H3. The molecule has 1 heterocycles. The van der Waals surface area contributed by atoms with E-state index in [9.17, 15) is 13.5 Å². The molecule has 0 aliphatic carbocycles. The Hall–Kier alpha value is 0.260. The van der Waals surface area contributed by atoms with Crippen LogP contribution in [0, 0.1) is 11.8 Å². The molecule has 0 bridgehead atoms. The molecule has 0 radical (unpaired) electrons. The third-order valence-electron chi connectivity index (χ3n) is 3.01. The lowest BCUT2D eigenvalue weighted by atomic mass is 9.90. The van der Waals surface area contributed by atoms with E-state index in [1.165, 1.54) is 0 Å². The monoisotopic (exact) mass is 252 g/mol. The van der Waals surface area contributed by atoms with Gasteiger partial charge in [-0.1, -0.05) is 6.92 Å². The quantitative estimate of drug-likeness (QED) is 0.721. The van der Waals surface area contributed by atoms with Crippen molar-refractivity contribution in [3.63, 3.8) is 0 Å². The number of thioether (sulfide) groups is 1. The number of aliphatic hydroxyl groups excluding tert-OH is 1. The molecule has 1 fully saturated rings. The lowest BCUT2D eigenvalue weighted by Gasteiger charge is -2.19. The van der Waals surface area contributed by atoms with Crippen molar-refractivity contribution in [3.05, 3.63) is 0 Å². The van der Waals surface area contributed by atoms with Gasteiger partial charge in [0, 0.05) is 6.61 Å². The first-order valence-electron chi connectivity index (χ1n) is 5.48. The third-order valence-corrected chi connectivity index (χ3v) is 5.73. The van der Waals surface area contributed by atoms with Gasteiger partial charge in [-0.15, -0.1) is 0 Å². The highest BCUT2D eigenvalue weighted by Gasteiger charge is 2.32. The largest absolute Gasteiger partial charge is 0.396 e. The fourth-order valence-electron chi connectivity index (χ4n) is 2.05. The predicted octanol–water partition coefficient (Wildman–Crippen LogP) is 1.17. The van der Waals surface area contributed by atoms with Crippen LogP contribution in [-0.4, -0.2) is 43.1 Å². The van der Waals surface area contributed by atoms with Crippen molar-refractivity contribution in [2.45, 2.75) is 19.8 Å². The highest BCUT2D eigenvalue weighted by Crippen LogP contribution is 2.28. The summed E-state index contributed by atoms with van der Waals surface area (Å²) in [6, 6.07) is 0. The van der Waals surface area contributed by atoms with E-state index in [2.05, 4.69) is 6.92 Å². The number of sulfone groups is 1. The molecule has 1 aliphatic heterocycles. The molecule has 2 atom stereocenters. The summed E-state index contributed by atoms with van der Waals surface area (Å²) in [5.41, 5.74) is 0. The fraction of sp³-hybridized carbons (Fsp3) is 1.00. The molecule has 1 aliphatic rings. The van der Waals surface area contributed by atoms with E-state index in [0.717, 1.165) is 24.3 Å². The summed E-state index contributed by atoms with van der Waals surface area (Å²) in [6.45, 7) is 2.24. The van der Waals surface area contributed by atoms with Crippen molar-refractivity contribution >= 4 is 21.6 Å². The minimum atomic E-state index is -2.80. The second-order valence-corrected chi connectivity index (χ2v) is 7.71. The zero-order valence-electron chi connectivity index (χ0n) is 9.18. The van der Waals surface area contributed by atoms with E-state index < -0.39 is 9.84 Å². The molecule has 0 spiro atoms. The normalized spacial score (nSPS) is 26.7. The molecule has 1 N–H and O–H groups in total. The summed E-state index contributed by atoms with van der Waals surface area (Å²) in [5.74, 6) is 3.09. The van der Waals surface area contributed by atoms with Crippen LogP contribution in [0.4, 0.5) is 0 Å². The van der Waals surface area contributed by atoms with E-state index in [1.807, 2.05) is 11.8 Å². The number of hydrogen-bond donors (Lipinski definition) is 1. The second-order valence-electron chi connectivity index (χ2n) is 4.09. The number of hydrogen-bond acceptors (Lipinski definition) is 4. The Bertz CT molecular complexity index is 274. The Morgan fingerprint density at radius 1 is 1.53 bits per heavy atom. The zero-order chi connectivity index (χ0) is 11.3. The maximum atomic E-state index is 11.3. The van der Waals surface area contributed by atoms with Crippen LogP contribution in [-0.2, 0) is 9.84 Å². The van der Waals surface area contributed by atoms with Gasteiger partial charge in [-0.05, 0) is 36.2 Å². The first kappa shape index (κ1) is 13.3. The van der Waals surface area contributed by atoms with Gasteiger partial charge in [-0.3, -0.25) is 0 Å². The zero-order valence-corrected chi connectivity index (χ0v) is 10.8. The van der Waals surface area contributed by atoms with Crippen molar-refractivity contribution in [1.82, 2.24) is 0 Å². The summed E-state index contributed by atoms with van der Waals surface area (Å²) in [4.78, 5) is 0. The molecule has 1 rings (SSSR count). The SMILES string of the molecule is CCSCCC(CO)C1CCS(=O)(=O)C1. The average molecular weight is 252 g/mol. The first-order chi connectivity index (χ1) is 7.09. The molecule has 0 aromatic rings. The van der Waals surface area contributed by atoms with Crippen LogP contribution in [0.2, 0.25) is 0 Å². The van der Waals surface area contributed by atoms with Crippen LogP contribution in [0.1, 0.15) is 19.8 Å². The summed E-state index contributed by atoms with van der Waals surface area (Å²) >= 11 is 1.85. The molecule has 0 amide bonds. The van der Waals surface area contributed by atoms with E-state index in [4.69, 9.17) is 0 Å². The maximum absolute atomic E-state index is 11.3. The van der Waals surface area contributed by atoms with Crippen molar-refractivity contribution in [2.24, 2.45) is 11.8 Å². The Morgan fingerprint density at radius 3 is 2.73 bits per heavy atom. The fourth-order valence-corrected chi connectivity index (χ4v) is 4.73. The number of aliphatic hydroxyl groups is 1. The Kier molecular flexibility index (Phi) is 5.43. The maximum Gasteiger partial charge on any atom is 0.150 e. The van der Waals surface area contributed by atoms with Gasteiger partial charge in [0.1, 0.15) is 0 Å². The van der Waals surface area contributed by atoms with Crippen LogP contribution in [0.25, 0.3) is 0 Å². The topological polar surface area (TPSA) is 54.4 Å². The summed E-state index contributed by atoms with van der Waals surface area (Å²) < 4.78 is 22.6. The lowest BCUT2D eigenvalue weighted by Crippen LogP contribution is -2.20. The molecule has 3 nitrogen and oxygen atoms in total. The van der Waals surface area contributed by atoms with Gasteiger partial charge in [0.2, 0.25) is 0 Å². The van der Waals surface area contributed by atoms with Crippen LogP contribution in [0.15, 0.2) is 0 Å². The van der Waals surface area contributed by atoms with Crippen molar-refractivity contribution in [3.8, 4) is 0 Å². The molecule has 0 saturated carbocycles. The smallest absolute Gasteiger partial charge is 0.150 e. The minimum Gasteiger partial charge on any atom is -0.396 e. The Labute approximate surface area is 96.6 Å². The molecule has 0 aromatic heterocycles. The molecule has 15 heavy (non-hydrogen) atoms. The molecule has 5 heteroatoms.